The van der Waals surface area contributed by atoms with E-state index in [2.05, 4.69) is 0 Å². The number of thiocarbonyl (C=S) groups is 1. The molecule has 1 aromatic rings. The summed E-state index contributed by atoms with van der Waals surface area (Å²) in [4.78, 5) is 12.2. The predicted octanol–water partition coefficient (Wildman–Crippen LogP) is 1.50. The second-order valence-electron chi connectivity index (χ2n) is 2.48. The summed E-state index contributed by atoms with van der Waals surface area (Å²) >= 11 is 4.84. The first kappa shape index (κ1) is 10.5. The summed E-state index contributed by atoms with van der Waals surface area (Å²) in [6.45, 7) is 0. The monoisotopic (exact) mass is 210 g/mol. The minimum absolute atomic E-state index is 0.0312. The minimum atomic E-state index is -0.664. The van der Waals surface area contributed by atoms with Crippen LogP contribution in [-0.4, -0.2) is 18.3 Å². The van der Waals surface area contributed by atoms with Gasteiger partial charge in [-0.15, -0.1) is 0 Å². The number of primary amides is 1. The number of nitrogens with two attached hydrogens (primary N) is 1. The number of hydrogen-bond acceptors (Lipinski definition) is 3. The van der Waals surface area contributed by atoms with Crippen LogP contribution >= 0.6 is 12.2 Å². The van der Waals surface area contributed by atoms with Crippen LogP contribution in [0.2, 0.25) is 0 Å². The van der Waals surface area contributed by atoms with Crippen molar-refractivity contribution < 1.29 is 9.53 Å². The Balaban J connectivity index is 3.01. The van der Waals surface area contributed by atoms with Gasteiger partial charge in [-0.25, -0.2) is 9.69 Å². The molecule has 0 bridgehead atoms. The number of para-hydroxylation sites is 1. The minimum Gasteiger partial charge on any atom is -0.474 e. The van der Waals surface area contributed by atoms with Crippen LogP contribution in [0.15, 0.2) is 30.3 Å². The third kappa shape index (κ3) is 2.20. The first-order chi connectivity index (χ1) is 6.66. The predicted molar refractivity (Wildman–Crippen MR) is 58.1 cm³/mol. The van der Waals surface area contributed by atoms with Crippen molar-refractivity contribution in [3.05, 3.63) is 30.3 Å². The first-order valence-electron chi connectivity index (χ1n) is 3.89. The number of methoxy groups -OCH3 is 1. The molecule has 5 heteroatoms. The molecule has 0 aliphatic rings. The zero-order valence-corrected chi connectivity index (χ0v) is 8.45. The molecule has 2 N–H and O–H groups in total. The molecule has 0 aromatic heterocycles. The van der Waals surface area contributed by atoms with E-state index in [0.29, 0.717) is 5.69 Å². The van der Waals surface area contributed by atoms with Gasteiger partial charge in [0.15, 0.2) is 0 Å². The van der Waals surface area contributed by atoms with Gasteiger partial charge < -0.3 is 10.5 Å². The number of carbonyl (C=O) groups excluding carboxylic acids is 1. The molecule has 0 aliphatic heterocycles. The molecule has 1 aromatic carbocycles. The highest BCUT2D eigenvalue weighted by molar-refractivity contribution is 7.80. The van der Waals surface area contributed by atoms with E-state index in [1.807, 2.05) is 6.07 Å². The van der Waals surface area contributed by atoms with Crippen LogP contribution in [0.3, 0.4) is 0 Å². The van der Waals surface area contributed by atoms with E-state index in [0.717, 1.165) is 4.90 Å². The fraction of sp³-hybridized carbons (Fsp3) is 0.111. The van der Waals surface area contributed by atoms with Crippen LogP contribution in [0.1, 0.15) is 0 Å². The molecule has 0 unspecified atom stereocenters. The van der Waals surface area contributed by atoms with E-state index >= 15 is 0 Å². The van der Waals surface area contributed by atoms with Crippen molar-refractivity contribution in [2.75, 3.05) is 12.0 Å². The van der Waals surface area contributed by atoms with Crippen molar-refractivity contribution in [3.63, 3.8) is 0 Å². The third-order valence-corrected chi connectivity index (χ3v) is 1.94. The molecule has 0 saturated heterocycles. The lowest BCUT2D eigenvalue weighted by atomic mass is 10.3. The van der Waals surface area contributed by atoms with Gasteiger partial charge in [0.1, 0.15) is 0 Å². The highest BCUT2D eigenvalue weighted by Crippen LogP contribution is 2.13. The summed E-state index contributed by atoms with van der Waals surface area (Å²) in [6.07, 6.45) is 0. The summed E-state index contributed by atoms with van der Waals surface area (Å²) in [5.74, 6) is 0. The van der Waals surface area contributed by atoms with Crippen LogP contribution in [0.4, 0.5) is 10.5 Å². The summed E-state index contributed by atoms with van der Waals surface area (Å²) in [5.41, 5.74) is 5.75. The first-order valence-corrected chi connectivity index (χ1v) is 4.30. The Morgan fingerprint density at radius 2 is 2.00 bits per heavy atom. The summed E-state index contributed by atoms with van der Waals surface area (Å²) in [7, 11) is 1.39. The molecule has 0 aliphatic carbocycles. The Labute approximate surface area is 87.3 Å². The zero-order valence-electron chi connectivity index (χ0n) is 7.64. The fourth-order valence-electron chi connectivity index (χ4n) is 0.991. The molecule has 74 valence electrons. The van der Waals surface area contributed by atoms with Gasteiger partial charge in [0.2, 0.25) is 0 Å². The normalized spacial score (nSPS) is 9.21. The van der Waals surface area contributed by atoms with E-state index in [4.69, 9.17) is 22.7 Å². The Kier molecular flexibility index (Phi) is 3.41. The van der Waals surface area contributed by atoms with Crippen molar-refractivity contribution in [1.29, 1.82) is 0 Å². The van der Waals surface area contributed by atoms with Crippen molar-refractivity contribution in [1.82, 2.24) is 0 Å². The quantitative estimate of drug-likeness (QED) is 0.715. The molecular weight excluding hydrogens is 200 g/mol. The van der Waals surface area contributed by atoms with E-state index < -0.39 is 6.03 Å². The van der Waals surface area contributed by atoms with Crippen molar-refractivity contribution in [2.45, 2.75) is 0 Å². The Morgan fingerprint density at radius 1 is 1.43 bits per heavy atom. The number of ether oxygens (including phenoxy) is 1. The van der Waals surface area contributed by atoms with Gasteiger partial charge in [-0.2, -0.15) is 0 Å². The standard InChI is InChI=1S/C9H10N2O2S/c1-13-9(14)11(8(10)12)7-5-3-2-4-6-7/h2-6H,1H3,(H2,10,12). The highest BCUT2D eigenvalue weighted by atomic mass is 32.1. The van der Waals surface area contributed by atoms with Gasteiger partial charge >= 0.3 is 6.03 Å². The van der Waals surface area contributed by atoms with Crippen LogP contribution in [0, 0.1) is 0 Å². The van der Waals surface area contributed by atoms with Gasteiger partial charge in [-0.1, -0.05) is 18.2 Å². The SMILES string of the molecule is COC(=S)N(C(N)=O)c1ccccc1. The van der Waals surface area contributed by atoms with Crippen LogP contribution < -0.4 is 10.6 Å². The van der Waals surface area contributed by atoms with Gasteiger partial charge in [-0.05, 0) is 24.4 Å². The number of hydrogen-bond donors (Lipinski definition) is 1. The van der Waals surface area contributed by atoms with Crippen molar-refractivity contribution in [3.8, 4) is 0 Å². The maximum Gasteiger partial charge on any atom is 0.326 e. The number of nitrogens with zero attached hydrogens (tertiary/aromatic N) is 1. The fourth-order valence-corrected chi connectivity index (χ4v) is 1.19. The molecule has 0 fully saturated rings. The van der Waals surface area contributed by atoms with E-state index in [1.54, 1.807) is 24.3 Å². The lowest BCUT2D eigenvalue weighted by Gasteiger charge is -2.19. The Morgan fingerprint density at radius 3 is 2.43 bits per heavy atom. The number of carbonyl (C=O) groups is 1. The maximum atomic E-state index is 11.1. The van der Waals surface area contributed by atoms with Crippen molar-refractivity contribution >= 4 is 29.1 Å². The van der Waals surface area contributed by atoms with Crippen LogP contribution in [-0.2, 0) is 4.74 Å². The second-order valence-corrected chi connectivity index (χ2v) is 2.83. The zero-order chi connectivity index (χ0) is 10.6. The average molecular weight is 210 g/mol. The molecule has 2 amide bonds. The van der Waals surface area contributed by atoms with E-state index in [9.17, 15) is 4.79 Å². The van der Waals surface area contributed by atoms with E-state index in [1.165, 1.54) is 7.11 Å². The van der Waals surface area contributed by atoms with Gasteiger partial charge in [0.25, 0.3) is 5.17 Å². The lowest BCUT2D eigenvalue weighted by Crippen LogP contribution is -2.40. The molecule has 0 heterocycles. The summed E-state index contributed by atoms with van der Waals surface area (Å²) in [5, 5.41) is 0.0312. The summed E-state index contributed by atoms with van der Waals surface area (Å²) < 4.78 is 4.78. The van der Waals surface area contributed by atoms with Crippen LogP contribution in [0.5, 0.6) is 0 Å². The van der Waals surface area contributed by atoms with Gasteiger partial charge in [0.05, 0.1) is 12.8 Å². The molecule has 0 spiro atoms. The number of urea groups is 1. The Hall–Kier alpha value is -1.62. The average Bonchev–Trinajstić information content (AvgIpc) is 2.19. The smallest absolute Gasteiger partial charge is 0.326 e. The third-order valence-electron chi connectivity index (χ3n) is 1.59. The highest BCUT2D eigenvalue weighted by Gasteiger charge is 2.17. The van der Waals surface area contributed by atoms with Crippen LogP contribution in [0.25, 0.3) is 0 Å². The molecule has 0 saturated carbocycles. The summed E-state index contributed by atoms with van der Waals surface area (Å²) in [6, 6.07) is 8.17. The number of rotatable bonds is 1. The van der Waals surface area contributed by atoms with Gasteiger partial charge in [-0.3, -0.25) is 0 Å². The topological polar surface area (TPSA) is 55.6 Å². The molecule has 0 radical (unpaired) electrons. The molecule has 1 rings (SSSR count). The van der Waals surface area contributed by atoms with E-state index in [-0.39, 0.29) is 5.17 Å². The van der Waals surface area contributed by atoms with Gasteiger partial charge in [0, 0.05) is 0 Å². The number of anilines is 1. The number of amides is 2. The maximum absolute atomic E-state index is 11.1. The second kappa shape index (κ2) is 4.57. The lowest BCUT2D eigenvalue weighted by molar-refractivity contribution is 0.255. The number of benzene rings is 1. The van der Waals surface area contributed by atoms with Crippen molar-refractivity contribution in [2.24, 2.45) is 5.73 Å². The molecule has 14 heavy (non-hydrogen) atoms. The molecular formula is C9H10N2O2S. The Bertz CT molecular complexity index is 340. The molecule has 4 nitrogen and oxygen atoms in total. The largest absolute Gasteiger partial charge is 0.474 e. The molecule has 0 atom stereocenters.